The molecule has 3 aromatic carbocycles. The number of ether oxygens (including phenoxy) is 2. The van der Waals surface area contributed by atoms with Gasteiger partial charge in [-0.1, -0.05) is 93.0 Å². The maximum absolute atomic E-state index is 12.8. The average molecular weight is 582 g/mol. The Kier molecular flexibility index (Phi) is 10.7. The van der Waals surface area contributed by atoms with Gasteiger partial charge in [-0.2, -0.15) is 0 Å². The van der Waals surface area contributed by atoms with Crippen molar-refractivity contribution in [2.24, 2.45) is 0 Å². The number of Topliss-reactive ketones (excluding diaryl/α,β-unsaturated/α-hetero) is 1. The molecule has 0 saturated heterocycles. The van der Waals surface area contributed by atoms with E-state index in [1.165, 1.54) is 0 Å². The van der Waals surface area contributed by atoms with Crippen molar-refractivity contribution in [2.75, 3.05) is 19.8 Å². The molecule has 1 N–H and O–H groups in total. The number of benzene rings is 3. The zero-order valence-corrected chi connectivity index (χ0v) is 26.0. The number of rotatable bonds is 11. The lowest BCUT2D eigenvalue weighted by molar-refractivity contribution is 0.0394. The lowest BCUT2D eigenvalue weighted by Crippen LogP contribution is -2.67. The lowest BCUT2D eigenvalue weighted by Gasteiger charge is -2.43. The molecule has 0 heterocycles. The number of hydrogen-bond donors (Lipinski definition) is 1. The molecule has 0 saturated carbocycles. The second-order valence-corrected chi connectivity index (χ2v) is 16.5. The van der Waals surface area contributed by atoms with Crippen LogP contribution in [0.5, 0.6) is 0 Å². The molecule has 0 bridgehead atoms. The Labute approximate surface area is 244 Å². The molecule has 0 aliphatic rings. The van der Waals surface area contributed by atoms with E-state index in [1.807, 2.05) is 57.2 Å². The van der Waals surface area contributed by atoms with E-state index >= 15 is 0 Å². The fourth-order valence-electron chi connectivity index (χ4n) is 4.61. The minimum Gasteiger partial charge on any atom is -0.444 e. The summed E-state index contributed by atoms with van der Waals surface area (Å²) in [6.07, 6.45) is -0.573. The standard InChI is InChI=1S/C32H40ClNO5Si/c1-31(2,3)39-30(36)34-26(21-37-23-29(35)24-17-19-25(33)20-18-24)22-38-40(32(4,5)6,27-13-9-7-10-14-27)28-15-11-8-12-16-28/h7-20,26H,21-23H2,1-6H3,(H,34,36). The average Bonchev–Trinajstić information content (AvgIpc) is 2.88. The van der Waals surface area contributed by atoms with Crippen LogP contribution in [0.25, 0.3) is 0 Å². The zero-order valence-electron chi connectivity index (χ0n) is 24.2. The van der Waals surface area contributed by atoms with Crippen LogP contribution >= 0.6 is 11.6 Å². The highest BCUT2D eigenvalue weighted by Crippen LogP contribution is 2.36. The van der Waals surface area contributed by atoms with E-state index in [9.17, 15) is 9.59 Å². The highest BCUT2D eigenvalue weighted by molar-refractivity contribution is 6.99. The summed E-state index contributed by atoms with van der Waals surface area (Å²) in [4.78, 5) is 25.4. The summed E-state index contributed by atoms with van der Waals surface area (Å²) in [5, 5.41) is 5.48. The van der Waals surface area contributed by atoms with Crippen LogP contribution < -0.4 is 15.7 Å². The van der Waals surface area contributed by atoms with Gasteiger partial charge in [0.25, 0.3) is 8.32 Å². The van der Waals surface area contributed by atoms with Crippen LogP contribution in [0.15, 0.2) is 84.9 Å². The van der Waals surface area contributed by atoms with Crippen molar-refractivity contribution in [2.45, 2.75) is 58.2 Å². The van der Waals surface area contributed by atoms with Gasteiger partial charge >= 0.3 is 6.09 Å². The van der Waals surface area contributed by atoms with Crippen molar-refractivity contribution in [1.29, 1.82) is 0 Å². The van der Waals surface area contributed by atoms with E-state index in [-0.39, 0.29) is 30.6 Å². The van der Waals surface area contributed by atoms with Gasteiger partial charge < -0.3 is 19.2 Å². The van der Waals surface area contributed by atoms with Crippen LogP contribution in [0.1, 0.15) is 51.9 Å². The first kappa shape index (κ1) is 31.6. The highest BCUT2D eigenvalue weighted by atomic mass is 35.5. The molecule has 1 atom stereocenters. The minimum absolute atomic E-state index is 0.0662. The van der Waals surface area contributed by atoms with Gasteiger partial charge in [-0.3, -0.25) is 4.79 Å². The van der Waals surface area contributed by atoms with E-state index in [0.29, 0.717) is 10.6 Å². The second kappa shape index (κ2) is 13.6. The van der Waals surface area contributed by atoms with Crippen molar-refractivity contribution in [3.63, 3.8) is 0 Å². The molecule has 8 heteroatoms. The fraction of sp³-hybridized carbons (Fsp3) is 0.375. The summed E-state index contributed by atoms with van der Waals surface area (Å²) in [7, 11) is -2.86. The Morgan fingerprint density at radius 1 is 0.800 bits per heavy atom. The SMILES string of the molecule is CC(C)(C)OC(=O)NC(COCC(=O)c1ccc(Cl)cc1)CO[Si](c1ccccc1)(c1ccccc1)C(C)(C)C. The number of hydrogen-bond acceptors (Lipinski definition) is 5. The molecule has 6 nitrogen and oxygen atoms in total. The third-order valence-corrected chi connectivity index (χ3v) is 11.6. The number of alkyl carbamates (subject to hydrolysis) is 1. The first-order valence-electron chi connectivity index (χ1n) is 13.4. The van der Waals surface area contributed by atoms with Gasteiger partial charge in [-0.15, -0.1) is 0 Å². The number of amides is 1. The van der Waals surface area contributed by atoms with Crippen LogP contribution in [0.4, 0.5) is 4.79 Å². The Bertz CT molecular complexity index is 1200. The fourth-order valence-corrected chi connectivity index (χ4v) is 9.34. The molecule has 1 unspecified atom stereocenters. The largest absolute Gasteiger partial charge is 0.444 e. The van der Waals surface area contributed by atoms with E-state index in [1.54, 1.807) is 24.3 Å². The Morgan fingerprint density at radius 2 is 1.32 bits per heavy atom. The topological polar surface area (TPSA) is 73.9 Å². The summed E-state index contributed by atoms with van der Waals surface area (Å²) in [5.74, 6) is -0.180. The predicted octanol–water partition coefficient (Wildman–Crippen LogP) is 6.01. The molecule has 0 fully saturated rings. The van der Waals surface area contributed by atoms with Gasteiger partial charge in [0, 0.05) is 10.6 Å². The molecule has 3 aromatic rings. The maximum atomic E-state index is 12.8. The normalized spacial score (nSPS) is 13.0. The van der Waals surface area contributed by atoms with Crippen molar-refractivity contribution in [3.05, 3.63) is 95.5 Å². The molecule has 40 heavy (non-hydrogen) atoms. The molecule has 0 aliphatic heterocycles. The van der Waals surface area contributed by atoms with Crippen LogP contribution in [0.3, 0.4) is 0 Å². The van der Waals surface area contributed by atoms with Crippen LogP contribution in [-0.2, 0) is 13.9 Å². The first-order chi connectivity index (χ1) is 18.8. The van der Waals surface area contributed by atoms with Crippen molar-refractivity contribution >= 4 is 42.2 Å². The van der Waals surface area contributed by atoms with Crippen LogP contribution in [0.2, 0.25) is 10.1 Å². The van der Waals surface area contributed by atoms with Crippen molar-refractivity contribution in [3.8, 4) is 0 Å². The molecular weight excluding hydrogens is 542 g/mol. The molecule has 0 radical (unpaired) electrons. The van der Waals surface area contributed by atoms with Crippen LogP contribution in [0, 0.1) is 0 Å². The highest BCUT2D eigenvalue weighted by Gasteiger charge is 2.50. The van der Waals surface area contributed by atoms with E-state index in [4.69, 9.17) is 25.5 Å². The number of ketones is 1. The Morgan fingerprint density at radius 3 is 1.80 bits per heavy atom. The summed E-state index contributed by atoms with van der Waals surface area (Å²) < 4.78 is 18.3. The van der Waals surface area contributed by atoms with Gasteiger partial charge in [-0.25, -0.2) is 4.79 Å². The molecule has 214 valence electrons. The zero-order chi connectivity index (χ0) is 29.4. The molecular formula is C32H40ClNO5Si. The summed E-state index contributed by atoms with van der Waals surface area (Å²) >= 11 is 5.94. The van der Waals surface area contributed by atoms with Gasteiger partial charge in [0.2, 0.25) is 0 Å². The van der Waals surface area contributed by atoms with E-state index < -0.39 is 26.1 Å². The quantitative estimate of drug-likeness (QED) is 0.222. The number of carbonyl (C=O) groups excluding carboxylic acids is 2. The molecule has 0 spiro atoms. The molecule has 3 rings (SSSR count). The van der Waals surface area contributed by atoms with E-state index in [0.717, 1.165) is 10.4 Å². The Hall–Kier alpha value is -2.97. The monoisotopic (exact) mass is 581 g/mol. The Balaban J connectivity index is 1.86. The lowest BCUT2D eigenvalue weighted by atomic mass is 10.1. The third-order valence-electron chi connectivity index (χ3n) is 6.36. The summed E-state index contributed by atoms with van der Waals surface area (Å²) in [5.41, 5.74) is -0.163. The van der Waals surface area contributed by atoms with Crippen molar-refractivity contribution in [1.82, 2.24) is 5.32 Å². The summed E-state index contributed by atoms with van der Waals surface area (Å²) in [6, 6.07) is 26.6. The number of carbonyl (C=O) groups is 2. The van der Waals surface area contributed by atoms with Gasteiger partial charge in [0.15, 0.2) is 5.78 Å². The molecule has 0 aliphatic carbocycles. The first-order valence-corrected chi connectivity index (χ1v) is 15.7. The summed E-state index contributed by atoms with van der Waals surface area (Å²) in [6.45, 7) is 12.1. The number of halogens is 1. The minimum atomic E-state index is -2.86. The molecule has 0 aromatic heterocycles. The maximum Gasteiger partial charge on any atom is 0.408 e. The van der Waals surface area contributed by atoms with E-state index in [2.05, 4.69) is 50.4 Å². The second-order valence-electron chi connectivity index (χ2n) is 11.8. The third kappa shape index (κ3) is 8.51. The van der Waals surface area contributed by atoms with Gasteiger partial charge in [-0.05, 0) is 60.4 Å². The number of nitrogens with one attached hydrogen (secondary N) is 1. The predicted molar refractivity (Wildman–Crippen MR) is 163 cm³/mol. The molecule has 1 amide bonds. The van der Waals surface area contributed by atoms with Gasteiger partial charge in [0.05, 0.1) is 19.3 Å². The van der Waals surface area contributed by atoms with Gasteiger partial charge in [0.1, 0.15) is 12.2 Å². The van der Waals surface area contributed by atoms with Crippen molar-refractivity contribution < 1.29 is 23.5 Å². The van der Waals surface area contributed by atoms with Crippen LogP contribution in [-0.4, -0.2) is 51.7 Å². The smallest absolute Gasteiger partial charge is 0.408 e.